The number of aromatic nitrogens is 1. The molecule has 0 bridgehead atoms. The predicted molar refractivity (Wildman–Crippen MR) is 65.3 cm³/mol. The van der Waals surface area contributed by atoms with Crippen LogP contribution in [0.4, 0.5) is 0 Å². The van der Waals surface area contributed by atoms with Crippen LogP contribution in [0.2, 0.25) is 0 Å². The van der Waals surface area contributed by atoms with Crippen LogP contribution in [0, 0.1) is 0 Å². The second-order valence-electron chi connectivity index (χ2n) is 3.21. The minimum atomic E-state index is -0.265. The van der Waals surface area contributed by atoms with E-state index in [1.54, 1.807) is 25.4 Å². The van der Waals surface area contributed by atoms with E-state index in [0.717, 1.165) is 0 Å². The molecule has 1 heterocycles. The van der Waals surface area contributed by atoms with Crippen molar-refractivity contribution >= 4 is 23.1 Å². The SMILES string of the molecule is CNC(=O)CCn1cccc(C(N)=S)c1=O. The van der Waals surface area contributed by atoms with Crippen LogP contribution in [0.3, 0.4) is 0 Å². The van der Waals surface area contributed by atoms with Gasteiger partial charge in [0, 0.05) is 26.2 Å². The van der Waals surface area contributed by atoms with Crippen LogP contribution in [0.1, 0.15) is 12.0 Å². The summed E-state index contributed by atoms with van der Waals surface area (Å²) in [6.45, 7) is 0.314. The smallest absolute Gasteiger partial charge is 0.260 e. The van der Waals surface area contributed by atoms with Gasteiger partial charge in [0.2, 0.25) is 5.91 Å². The molecule has 0 aliphatic rings. The Hall–Kier alpha value is -1.69. The number of carbonyl (C=O) groups is 1. The van der Waals surface area contributed by atoms with Crippen molar-refractivity contribution in [1.82, 2.24) is 9.88 Å². The molecule has 16 heavy (non-hydrogen) atoms. The van der Waals surface area contributed by atoms with Crippen LogP contribution in [0.5, 0.6) is 0 Å². The number of hydrogen-bond donors (Lipinski definition) is 2. The second-order valence-corrected chi connectivity index (χ2v) is 3.65. The Balaban J connectivity index is 2.90. The normalized spacial score (nSPS) is 9.81. The van der Waals surface area contributed by atoms with Crippen molar-refractivity contribution in [3.05, 3.63) is 34.2 Å². The van der Waals surface area contributed by atoms with E-state index in [1.807, 2.05) is 0 Å². The first kappa shape index (κ1) is 12.4. The zero-order valence-electron chi connectivity index (χ0n) is 8.90. The third kappa shape index (κ3) is 2.90. The van der Waals surface area contributed by atoms with Crippen LogP contribution in [0.25, 0.3) is 0 Å². The maximum Gasteiger partial charge on any atom is 0.260 e. The molecule has 3 N–H and O–H groups in total. The van der Waals surface area contributed by atoms with Gasteiger partial charge in [-0.1, -0.05) is 12.2 Å². The summed E-state index contributed by atoms with van der Waals surface area (Å²) in [7, 11) is 1.55. The summed E-state index contributed by atoms with van der Waals surface area (Å²) in [5.41, 5.74) is 5.44. The van der Waals surface area contributed by atoms with Gasteiger partial charge >= 0.3 is 0 Å². The van der Waals surface area contributed by atoms with E-state index in [-0.39, 0.29) is 22.9 Å². The average Bonchev–Trinajstić information content (AvgIpc) is 2.26. The quantitative estimate of drug-likeness (QED) is 0.702. The molecule has 0 saturated carbocycles. The minimum absolute atomic E-state index is 0.0688. The average molecular weight is 239 g/mol. The molecule has 0 radical (unpaired) electrons. The fourth-order valence-electron chi connectivity index (χ4n) is 1.25. The maximum atomic E-state index is 11.8. The molecule has 0 atom stereocenters. The van der Waals surface area contributed by atoms with E-state index in [0.29, 0.717) is 12.1 Å². The molecule has 0 aliphatic heterocycles. The standard InChI is InChI=1S/C10H13N3O2S/c1-12-8(14)4-6-13-5-2-3-7(9(11)16)10(13)15/h2-3,5H,4,6H2,1H3,(H2,11,16)(H,12,14). The van der Waals surface area contributed by atoms with Gasteiger partial charge in [0.25, 0.3) is 5.56 Å². The third-order valence-electron chi connectivity index (χ3n) is 2.14. The predicted octanol–water partition coefficient (Wildman–Crippen LogP) is -0.381. The second kappa shape index (κ2) is 5.41. The fourth-order valence-corrected chi connectivity index (χ4v) is 1.40. The molecule has 5 nitrogen and oxygen atoms in total. The van der Waals surface area contributed by atoms with Crippen LogP contribution in [0.15, 0.2) is 23.1 Å². The van der Waals surface area contributed by atoms with Crippen LogP contribution in [-0.2, 0) is 11.3 Å². The molecular formula is C10H13N3O2S. The van der Waals surface area contributed by atoms with Gasteiger partial charge in [-0.3, -0.25) is 9.59 Å². The molecule has 1 rings (SSSR count). The number of thiocarbonyl (C=S) groups is 1. The number of carbonyl (C=O) groups excluding carboxylic acids is 1. The van der Waals surface area contributed by atoms with Gasteiger partial charge in [-0.05, 0) is 12.1 Å². The van der Waals surface area contributed by atoms with Gasteiger partial charge in [0.15, 0.2) is 0 Å². The number of rotatable bonds is 4. The maximum absolute atomic E-state index is 11.8. The summed E-state index contributed by atoms with van der Waals surface area (Å²) < 4.78 is 1.42. The zero-order chi connectivity index (χ0) is 12.1. The number of nitrogens with one attached hydrogen (secondary N) is 1. The molecule has 1 aromatic rings. The van der Waals surface area contributed by atoms with Crippen molar-refractivity contribution < 1.29 is 4.79 Å². The molecule has 1 aromatic heterocycles. The largest absolute Gasteiger partial charge is 0.389 e. The summed E-state index contributed by atoms with van der Waals surface area (Å²) in [5, 5.41) is 2.49. The number of nitrogens with zero attached hydrogens (tertiary/aromatic N) is 1. The van der Waals surface area contributed by atoms with Gasteiger partial charge in [-0.25, -0.2) is 0 Å². The first-order valence-corrected chi connectivity index (χ1v) is 5.17. The Morgan fingerprint density at radius 2 is 2.31 bits per heavy atom. The highest BCUT2D eigenvalue weighted by atomic mass is 32.1. The van der Waals surface area contributed by atoms with Crippen molar-refractivity contribution in [2.45, 2.75) is 13.0 Å². The summed E-state index contributed by atoms with van der Waals surface area (Å²) in [4.78, 5) is 22.9. The van der Waals surface area contributed by atoms with Crippen LogP contribution >= 0.6 is 12.2 Å². The number of nitrogens with two attached hydrogens (primary N) is 1. The number of aryl methyl sites for hydroxylation is 1. The highest BCUT2D eigenvalue weighted by molar-refractivity contribution is 7.80. The van der Waals surface area contributed by atoms with Gasteiger partial charge in [0.1, 0.15) is 4.99 Å². The molecule has 0 fully saturated rings. The van der Waals surface area contributed by atoms with Crippen LogP contribution in [-0.4, -0.2) is 22.5 Å². The van der Waals surface area contributed by atoms with E-state index in [9.17, 15) is 9.59 Å². The molecule has 0 spiro atoms. The first-order valence-electron chi connectivity index (χ1n) is 4.76. The van der Waals surface area contributed by atoms with Crippen molar-refractivity contribution in [2.75, 3.05) is 7.05 Å². The van der Waals surface area contributed by atoms with E-state index in [4.69, 9.17) is 18.0 Å². The Morgan fingerprint density at radius 1 is 1.62 bits per heavy atom. The lowest BCUT2D eigenvalue weighted by molar-refractivity contribution is -0.120. The molecule has 0 aromatic carbocycles. The number of amides is 1. The lowest BCUT2D eigenvalue weighted by Gasteiger charge is -2.06. The minimum Gasteiger partial charge on any atom is -0.389 e. The number of pyridine rings is 1. The molecule has 1 amide bonds. The van der Waals surface area contributed by atoms with Gasteiger partial charge in [0.05, 0.1) is 5.56 Å². The topological polar surface area (TPSA) is 77.1 Å². The third-order valence-corrected chi connectivity index (χ3v) is 2.36. The van der Waals surface area contributed by atoms with Crippen molar-refractivity contribution in [2.24, 2.45) is 5.73 Å². The lowest BCUT2D eigenvalue weighted by atomic mass is 10.2. The number of hydrogen-bond acceptors (Lipinski definition) is 3. The van der Waals surface area contributed by atoms with Gasteiger partial charge in [-0.2, -0.15) is 0 Å². The van der Waals surface area contributed by atoms with Crippen molar-refractivity contribution in [1.29, 1.82) is 0 Å². The van der Waals surface area contributed by atoms with Crippen LogP contribution < -0.4 is 16.6 Å². The summed E-state index contributed by atoms with van der Waals surface area (Å²) >= 11 is 4.75. The van der Waals surface area contributed by atoms with E-state index < -0.39 is 0 Å². The molecule has 0 aliphatic carbocycles. The Labute approximate surface area is 98.3 Å². The Bertz CT molecular complexity index is 467. The van der Waals surface area contributed by atoms with Gasteiger partial charge in [-0.15, -0.1) is 0 Å². The Kier molecular flexibility index (Phi) is 4.19. The summed E-state index contributed by atoms with van der Waals surface area (Å²) in [6, 6.07) is 3.25. The molecule has 86 valence electrons. The van der Waals surface area contributed by atoms with E-state index >= 15 is 0 Å². The lowest BCUT2D eigenvalue weighted by Crippen LogP contribution is -2.30. The first-order chi connectivity index (χ1) is 7.56. The summed E-state index contributed by atoms with van der Waals surface area (Å²) in [5.74, 6) is -0.118. The molecule has 0 saturated heterocycles. The van der Waals surface area contributed by atoms with Crippen molar-refractivity contribution in [3.8, 4) is 0 Å². The molecule has 0 unspecified atom stereocenters. The highest BCUT2D eigenvalue weighted by Crippen LogP contribution is 1.93. The fraction of sp³-hybridized carbons (Fsp3) is 0.300. The van der Waals surface area contributed by atoms with E-state index in [1.165, 1.54) is 4.57 Å². The van der Waals surface area contributed by atoms with Gasteiger partial charge < -0.3 is 15.6 Å². The Morgan fingerprint density at radius 3 is 2.88 bits per heavy atom. The highest BCUT2D eigenvalue weighted by Gasteiger charge is 2.06. The molecule has 6 heteroatoms. The monoisotopic (exact) mass is 239 g/mol. The summed E-state index contributed by atoms with van der Waals surface area (Å²) in [6.07, 6.45) is 1.85. The van der Waals surface area contributed by atoms with Crippen molar-refractivity contribution in [3.63, 3.8) is 0 Å². The molecular weight excluding hydrogens is 226 g/mol. The zero-order valence-corrected chi connectivity index (χ0v) is 9.71. The van der Waals surface area contributed by atoms with E-state index in [2.05, 4.69) is 5.32 Å².